The van der Waals surface area contributed by atoms with Crippen molar-refractivity contribution in [1.82, 2.24) is 15.8 Å². The van der Waals surface area contributed by atoms with Crippen LogP contribution in [0.4, 0.5) is 0 Å². The van der Waals surface area contributed by atoms with Crippen molar-refractivity contribution in [3.8, 4) is 0 Å². The number of para-hydroxylation sites is 1. The second kappa shape index (κ2) is 6.95. The summed E-state index contributed by atoms with van der Waals surface area (Å²) < 4.78 is 0. The summed E-state index contributed by atoms with van der Waals surface area (Å²) in [6.45, 7) is 0. The summed E-state index contributed by atoms with van der Waals surface area (Å²) in [6.07, 6.45) is 1.92. The van der Waals surface area contributed by atoms with Gasteiger partial charge in [-0.3, -0.25) is 20.4 Å². The number of hydrogen-bond acceptors (Lipinski definition) is 2. The van der Waals surface area contributed by atoms with Crippen LogP contribution >= 0.6 is 23.2 Å². The third-order valence-electron chi connectivity index (χ3n) is 3.52. The molecule has 0 aliphatic rings. The van der Waals surface area contributed by atoms with Gasteiger partial charge in [-0.1, -0.05) is 41.4 Å². The molecule has 0 saturated heterocycles. The molecule has 122 valence electrons. The first kappa shape index (κ1) is 16.4. The summed E-state index contributed by atoms with van der Waals surface area (Å²) >= 11 is 11.7. The molecule has 0 spiro atoms. The van der Waals surface area contributed by atoms with E-state index < -0.39 is 5.91 Å². The topological polar surface area (TPSA) is 74.0 Å². The molecule has 0 unspecified atom stereocenters. The first-order chi connectivity index (χ1) is 11.5. The highest BCUT2D eigenvalue weighted by atomic mass is 35.5. The molecule has 0 aliphatic heterocycles. The summed E-state index contributed by atoms with van der Waals surface area (Å²) in [5.74, 6) is -0.845. The molecule has 7 heteroatoms. The minimum absolute atomic E-state index is 0.138. The Morgan fingerprint density at radius 1 is 1.04 bits per heavy atom. The fourth-order valence-corrected chi connectivity index (χ4v) is 2.86. The predicted molar refractivity (Wildman–Crippen MR) is 94.1 cm³/mol. The minimum Gasteiger partial charge on any atom is -0.361 e. The number of H-pyrrole nitrogens is 1. The van der Waals surface area contributed by atoms with Crippen molar-refractivity contribution in [3.63, 3.8) is 0 Å². The van der Waals surface area contributed by atoms with Crippen molar-refractivity contribution < 1.29 is 9.59 Å². The van der Waals surface area contributed by atoms with E-state index in [-0.39, 0.29) is 22.9 Å². The third-order valence-corrected chi connectivity index (χ3v) is 4.06. The molecule has 24 heavy (non-hydrogen) atoms. The molecule has 5 nitrogen and oxygen atoms in total. The van der Waals surface area contributed by atoms with Crippen LogP contribution in [-0.4, -0.2) is 16.8 Å². The molecule has 0 fully saturated rings. The van der Waals surface area contributed by atoms with E-state index in [1.54, 1.807) is 12.3 Å². The number of rotatable bonds is 3. The first-order valence-corrected chi connectivity index (χ1v) is 7.89. The number of aromatic amines is 1. The lowest BCUT2D eigenvalue weighted by molar-refractivity contribution is -0.121. The van der Waals surface area contributed by atoms with Gasteiger partial charge in [-0.05, 0) is 29.8 Å². The van der Waals surface area contributed by atoms with Crippen molar-refractivity contribution in [2.24, 2.45) is 0 Å². The number of halogens is 2. The van der Waals surface area contributed by atoms with Gasteiger partial charge in [0.25, 0.3) is 5.91 Å². The largest absolute Gasteiger partial charge is 0.361 e. The van der Waals surface area contributed by atoms with Crippen LogP contribution < -0.4 is 10.9 Å². The highest BCUT2D eigenvalue weighted by Crippen LogP contribution is 2.21. The van der Waals surface area contributed by atoms with Crippen LogP contribution in [0.25, 0.3) is 10.9 Å². The van der Waals surface area contributed by atoms with Gasteiger partial charge >= 0.3 is 0 Å². The molecule has 0 aliphatic carbocycles. The fraction of sp³-hybridized carbons (Fsp3) is 0.0588. The Balaban J connectivity index is 1.62. The number of hydrogen-bond donors (Lipinski definition) is 3. The molecule has 2 aromatic carbocycles. The molecule has 3 aromatic rings. The zero-order chi connectivity index (χ0) is 17.1. The summed E-state index contributed by atoms with van der Waals surface area (Å²) in [5.41, 5.74) is 6.76. The molecule has 2 amide bonds. The molecule has 0 radical (unpaired) electrons. The molecule has 0 saturated carbocycles. The van der Waals surface area contributed by atoms with E-state index in [1.807, 2.05) is 24.3 Å². The second-order valence-corrected chi connectivity index (χ2v) is 6.01. The lowest BCUT2D eigenvalue weighted by Crippen LogP contribution is -2.42. The maximum Gasteiger partial charge on any atom is 0.271 e. The van der Waals surface area contributed by atoms with Gasteiger partial charge in [0, 0.05) is 22.1 Å². The van der Waals surface area contributed by atoms with Crippen molar-refractivity contribution >= 4 is 45.9 Å². The summed E-state index contributed by atoms with van der Waals surface area (Å²) in [6, 6.07) is 12.2. The molecule has 3 N–H and O–H groups in total. The summed E-state index contributed by atoms with van der Waals surface area (Å²) in [5, 5.41) is 1.62. The highest BCUT2D eigenvalue weighted by molar-refractivity contribution is 6.36. The maximum atomic E-state index is 12.0. The number of nitrogens with one attached hydrogen (secondary N) is 3. The van der Waals surface area contributed by atoms with Crippen molar-refractivity contribution in [2.75, 3.05) is 0 Å². The lowest BCUT2D eigenvalue weighted by atomic mass is 10.1. The SMILES string of the molecule is O=C(Cc1c[nH]c2ccccc12)NNC(=O)c1ccc(Cl)cc1Cl. The van der Waals surface area contributed by atoms with Crippen LogP contribution in [0.15, 0.2) is 48.7 Å². The smallest absolute Gasteiger partial charge is 0.271 e. The maximum absolute atomic E-state index is 12.0. The predicted octanol–water partition coefficient (Wildman–Crippen LogP) is 3.48. The summed E-state index contributed by atoms with van der Waals surface area (Å²) in [4.78, 5) is 27.2. The highest BCUT2D eigenvalue weighted by Gasteiger charge is 2.13. The number of amides is 2. The number of hydrazine groups is 1. The van der Waals surface area contributed by atoms with Gasteiger partial charge in [0.1, 0.15) is 0 Å². The van der Waals surface area contributed by atoms with Crippen LogP contribution in [0.1, 0.15) is 15.9 Å². The Bertz CT molecular complexity index is 921. The van der Waals surface area contributed by atoms with Gasteiger partial charge < -0.3 is 4.98 Å². The molecule has 0 atom stereocenters. The van der Waals surface area contributed by atoms with Gasteiger partial charge in [-0.25, -0.2) is 0 Å². The average Bonchev–Trinajstić information content (AvgIpc) is 2.96. The third kappa shape index (κ3) is 3.53. The first-order valence-electron chi connectivity index (χ1n) is 7.14. The van der Waals surface area contributed by atoms with Crippen molar-refractivity contribution in [1.29, 1.82) is 0 Å². The Kier molecular flexibility index (Phi) is 4.74. The molecular weight excluding hydrogens is 349 g/mol. The standard InChI is InChI=1S/C17H13Cl2N3O2/c18-11-5-6-13(14(19)8-11)17(24)22-21-16(23)7-10-9-20-15-4-2-1-3-12(10)15/h1-6,8-9,20H,7H2,(H,21,23)(H,22,24). The molecule has 1 heterocycles. The number of carbonyl (C=O) groups excluding carboxylic acids is 2. The molecule has 3 rings (SSSR count). The Morgan fingerprint density at radius 2 is 1.83 bits per heavy atom. The van der Waals surface area contributed by atoms with Crippen LogP contribution in [0.2, 0.25) is 10.0 Å². The van der Waals surface area contributed by atoms with E-state index >= 15 is 0 Å². The van der Waals surface area contributed by atoms with E-state index in [0.717, 1.165) is 16.5 Å². The van der Waals surface area contributed by atoms with E-state index in [4.69, 9.17) is 23.2 Å². The second-order valence-electron chi connectivity index (χ2n) is 5.16. The molecule has 0 bridgehead atoms. The van der Waals surface area contributed by atoms with Crippen LogP contribution in [0, 0.1) is 0 Å². The average molecular weight is 362 g/mol. The van der Waals surface area contributed by atoms with E-state index in [0.29, 0.717) is 5.02 Å². The zero-order valence-corrected chi connectivity index (χ0v) is 13.9. The minimum atomic E-state index is -0.510. The van der Waals surface area contributed by atoms with Crippen molar-refractivity contribution in [2.45, 2.75) is 6.42 Å². The summed E-state index contributed by atoms with van der Waals surface area (Å²) in [7, 11) is 0. The van der Waals surface area contributed by atoms with Crippen LogP contribution in [0.3, 0.4) is 0 Å². The molecule has 1 aromatic heterocycles. The quantitative estimate of drug-likeness (QED) is 0.624. The van der Waals surface area contributed by atoms with Gasteiger partial charge in [0.2, 0.25) is 5.91 Å². The van der Waals surface area contributed by atoms with E-state index in [9.17, 15) is 9.59 Å². The normalized spacial score (nSPS) is 10.6. The lowest BCUT2D eigenvalue weighted by Gasteiger charge is -2.08. The fourth-order valence-electron chi connectivity index (χ4n) is 2.36. The van der Waals surface area contributed by atoms with Gasteiger partial charge in [0.05, 0.1) is 17.0 Å². The Hall–Kier alpha value is -2.50. The number of fused-ring (bicyclic) bond motifs is 1. The van der Waals surface area contributed by atoms with Crippen LogP contribution in [-0.2, 0) is 11.2 Å². The van der Waals surface area contributed by atoms with Gasteiger partial charge in [-0.2, -0.15) is 0 Å². The Morgan fingerprint density at radius 3 is 2.62 bits per heavy atom. The molecular formula is C17H13Cl2N3O2. The van der Waals surface area contributed by atoms with E-state index in [1.165, 1.54) is 12.1 Å². The van der Waals surface area contributed by atoms with E-state index in [2.05, 4.69) is 15.8 Å². The van der Waals surface area contributed by atoms with Crippen LogP contribution in [0.5, 0.6) is 0 Å². The Labute approximate surface area is 147 Å². The zero-order valence-electron chi connectivity index (χ0n) is 12.4. The van der Waals surface area contributed by atoms with Gasteiger partial charge in [0.15, 0.2) is 0 Å². The number of carbonyl (C=O) groups is 2. The number of benzene rings is 2. The monoisotopic (exact) mass is 361 g/mol. The number of aromatic nitrogens is 1. The van der Waals surface area contributed by atoms with Crippen molar-refractivity contribution in [3.05, 3.63) is 69.8 Å². The van der Waals surface area contributed by atoms with Gasteiger partial charge in [-0.15, -0.1) is 0 Å².